The van der Waals surface area contributed by atoms with Gasteiger partial charge in [-0.15, -0.1) is 0 Å². The third-order valence-corrected chi connectivity index (χ3v) is 6.21. The Labute approximate surface area is 132 Å². The van der Waals surface area contributed by atoms with E-state index in [9.17, 15) is 0 Å². The number of ether oxygens (including phenoxy) is 2. The number of methoxy groups -OCH3 is 1. The Kier molecular flexibility index (Phi) is 7.01. The fourth-order valence-corrected chi connectivity index (χ4v) is 4.50. The molecule has 0 atom stereocenters. The third kappa shape index (κ3) is 4.45. The van der Waals surface area contributed by atoms with Crippen molar-refractivity contribution in [3.63, 3.8) is 0 Å². The predicted octanol–water partition coefficient (Wildman–Crippen LogP) is 5.35. The molecule has 0 aromatic rings. The molecule has 0 unspecified atom stereocenters. The molecule has 0 aromatic heterocycles. The standard InChI is InChI=1S/C19H36O2/c1-4-6-15-21-18-9-7-17(8-10-18)19(20-3)13-11-16(5-2)12-14-19/h16-18H,4-15H2,1-3H3/t16-,17-,18-,19-. The van der Waals surface area contributed by atoms with E-state index in [1.807, 2.05) is 7.11 Å². The second-order valence-corrected chi connectivity index (χ2v) is 7.32. The van der Waals surface area contributed by atoms with E-state index in [1.165, 1.54) is 70.6 Å². The molecule has 2 aliphatic carbocycles. The molecule has 2 rings (SSSR count). The van der Waals surface area contributed by atoms with Crippen LogP contribution in [0.2, 0.25) is 0 Å². The van der Waals surface area contributed by atoms with E-state index >= 15 is 0 Å². The molecule has 0 spiro atoms. The van der Waals surface area contributed by atoms with Gasteiger partial charge in [0, 0.05) is 13.7 Å². The molecule has 21 heavy (non-hydrogen) atoms. The molecular formula is C19H36O2. The monoisotopic (exact) mass is 296 g/mol. The molecule has 2 heteroatoms. The summed E-state index contributed by atoms with van der Waals surface area (Å²) >= 11 is 0. The van der Waals surface area contributed by atoms with Gasteiger partial charge in [-0.2, -0.15) is 0 Å². The molecule has 2 saturated carbocycles. The van der Waals surface area contributed by atoms with Gasteiger partial charge in [-0.3, -0.25) is 0 Å². The minimum atomic E-state index is 0.195. The van der Waals surface area contributed by atoms with E-state index in [1.54, 1.807) is 0 Å². The second-order valence-electron chi connectivity index (χ2n) is 7.32. The smallest absolute Gasteiger partial charge is 0.0707 e. The highest BCUT2D eigenvalue weighted by Crippen LogP contribution is 2.46. The van der Waals surface area contributed by atoms with Gasteiger partial charge in [0.25, 0.3) is 0 Å². The molecule has 0 aromatic carbocycles. The summed E-state index contributed by atoms with van der Waals surface area (Å²) in [6, 6.07) is 0. The van der Waals surface area contributed by atoms with Crippen molar-refractivity contribution in [2.45, 2.75) is 96.2 Å². The van der Waals surface area contributed by atoms with E-state index in [0.717, 1.165) is 18.4 Å². The van der Waals surface area contributed by atoms with Crippen LogP contribution in [-0.2, 0) is 9.47 Å². The van der Waals surface area contributed by atoms with Crippen LogP contribution >= 0.6 is 0 Å². The van der Waals surface area contributed by atoms with Crippen molar-refractivity contribution in [3.05, 3.63) is 0 Å². The lowest BCUT2D eigenvalue weighted by Crippen LogP contribution is -2.45. The van der Waals surface area contributed by atoms with Crippen molar-refractivity contribution < 1.29 is 9.47 Å². The first kappa shape index (κ1) is 17.3. The molecule has 0 bridgehead atoms. The largest absolute Gasteiger partial charge is 0.378 e. The van der Waals surface area contributed by atoms with Gasteiger partial charge in [0.1, 0.15) is 0 Å². The van der Waals surface area contributed by atoms with Crippen LogP contribution in [0.4, 0.5) is 0 Å². The van der Waals surface area contributed by atoms with Gasteiger partial charge >= 0.3 is 0 Å². The molecule has 2 fully saturated rings. The summed E-state index contributed by atoms with van der Waals surface area (Å²) < 4.78 is 12.1. The first-order chi connectivity index (χ1) is 10.2. The van der Waals surface area contributed by atoms with Crippen LogP contribution in [0.5, 0.6) is 0 Å². The maximum absolute atomic E-state index is 6.10. The van der Waals surface area contributed by atoms with Gasteiger partial charge in [0.05, 0.1) is 11.7 Å². The number of hydrogen-bond donors (Lipinski definition) is 0. The summed E-state index contributed by atoms with van der Waals surface area (Å²) in [6.45, 7) is 5.53. The molecule has 0 heterocycles. The maximum atomic E-state index is 6.10. The lowest BCUT2D eigenvalue weighted by atomic mass is 9.67. The van der Waals surface area contributed by atoms with Gasteiger partial charge < -0.3 is 9.47 Å². The Morgan fingerprint density at radius 3 is 2.14 bits per heavy atom. The van der Waals surface area contributed by atoms with Crippen molar-refractivity contribution in [3.8, 4) is 0 Å². The molecule has 0 aliphatic heterocycles. The molecular weight excluding hydrogens is 260 g/mol. The van der Waals surface area contributed by atoms with E-state index < -0.39 is 0 Å². The molecule has 2 nitrogen and oxygen atoms in total. The highest BCUT2D eigenvalue weighted by atomic mass is 16.5. The first-order valence-corrected chi connectivity index (χ1v) is 9.40. The Balaban J connectivity index is 1.79. The molecule has 0 amide bonds. The zero-order chi connectivity index (χ0) is 15.1. The van der Waals surface area contributed by atoms with Crippen molar-refractivity contribution in [1.82, 2.24) is 0 Å². The van der Waals surface area contributed by atoms with Crippen LogP contribution in [0.3, 0.4) is 0 Å². The molecule has 2 aliphatic rings. The molecule has 124 valence electrons. The maximum Gasteiger partial charge on any atom is 0.0707 e. The highest BCUT2D eigenvalue weighted by molar-refractivity contribution is 4.94. The summed E-state index contributed by atoms with van der Waals surface area (Å²) in [5, 5.41) is 0. The first-order valence-electron chi connectivity index (χ1n) is 9.40. The Bertz CT molecular complexity index is 273. The van der Waals surface area contributed by atoms with E-state index in [-0.39, 0.29) is 5.60 Å². The SMILES string of the molecule is CCCCO[C@H]1CC[C@H]([C@]2(OC)CC[C@H](CC)CC2)CC1. The predicted molar refractivity (Wildman–Crippen MR) is 88.6 cm³/mol. The van der Waals surface area contributed by atoms with Gasteiger partial charge in [-0.25, -0.2) is 0 Å². The minimum absolute atomic E-state index is 0.195. The van der Waals surface area contributed by atoms with Gasteiger partial charge in [0.2, 0.25) is 0 Å². The van der Waals surface area contributed by atoms with Crippen LogP contribution < -0.4 is 0 Å². The van der Waals surface area contributed by atoms with E-state index in [0.29, 0.717) is 6.10 Å². The Morgan fingerprint density at radius 1 is 0.952 bits per heavy atom. The number of unbranched alkanes of at least 4 members (excludes halogenated alkanes) is 1. The van der Waals surface area contributed by atoms with Crippen molar-refractivity contribution in [1.29, 1.82) is 0 Å². The average Bonchev–Trinajstić information content (AvgIpc) is 2.56. The number of hydrogen-bond acceptors (Lipinski definition) is 2. The molecule has 0 N–H and O–H groups in total. The number of rotatable bonds is 7. The van der Waals surface area contributed by atoms with Gasteiger partial charge in [0.15, 0.2) is 0 Å². The van der Waals surface area contributed by atoms with Crippen molar-refractivity contribution in [2.75, 3.05) is 13.7 Å². The van der Waals surface area contributed by atoms with Crippen LogP contribution in [-0.4, -0.2) is 25.4 Å². The zero-order valence-electron chi connectivity index (χ0n) is 14.5. The van der Waals surface area contributed by atoms with Crippen LogP contribution in [0.1, 0.15) is 84.5 Å². The van der Waals surface area contributed by atoms with E-state index in [2.05, 4.69) is 13.8 Å². The highest BCUT2D eigenvalue weighted by Gasteiger charge is 2.43. The van der Waals surface area contributed by atoms with Crippen molar-refractivity contribution >= 4 is 0 Å². The fraction of sp³-hybridized carbons (Fsp3) is 1.00. The van der Waals surface area contributed by atoms with E-state index in [4.69, 9.17) is 9.47 Å². The summed E-state index contributed by atoms with van der Waals surface area (Å²) in [6.07, 6.45) is 14.7. The normalized spacial score (nSPS) is 37.6. The van der Waals surface area contributed by atoms with Crippen LogP contribution in [0.25, 0.3) is 0 Å². The fourth-order valence-electron chi connectivity index (χ4n) is 4.50. The Hall–Kier alpha value is -0.0800. The molecule has 0 radical (unpaired) electrons. The summed E-state index contributed by atoms with van der Waals surface area (Å²) in [5.74, 6) is 1.72. The lowest BCUT2D eigenvalue weighted by molar-refractivity contribution is -0.113. The van der Waals surface area contributed by atoms with Crippen molar-refractivity contribution in [2.24, 2.45) is 11.8 Å². The summed E-state index contributed by atoms with van der Waals surface area (Å²) in [7, 11) is 1.95. The van der Waals surface area contributed by atoms with Gasteiger partial charge in [-0.1, -0.05) is 26.7 Å². The third-order valence-electron chi connectivity index (χ3n) is 6.21. The topological polar surface area (TPSA) is 18.5 Å². The van der Waals surface area contributed by atoms with Gasteiger partial charge in [-0.05, 0) is 69.6 Å². The summed E-state index contributed by atoms with van der Waals surface area (Å²) in [5.41, 5.74) is 0.195. The zero-order valence-corrected chi connectivity index (χ0v) is 14.5. The van der Waals surface area contributed by atoms with Crippen LogP contribution in [0, 0.1) is 11.8 Å². The minimum Gasteiger partial charge on any atom is -0.378 e. The average molecular weight is 296 g/mol. The summed E-state index contributed by atoms with van der Waals surface area (Å²) in [4.78, 5) is 0. The quantitative estimate of drug-likeness (QED) is 0.590. The Morgan fingerprint density at radius 2 is 1.62 bits per heavy atom. The van der Waals surface area contributed by atoms with Crippen LogP contribution in [0.15, 0.2) is 0 Å². The second kappa shape index (κ2) is 8.53. The molecule has 0 saturated heterocycles. The lowest BCUT2D eigenvalue weighted by Gasteiger charge is -2.47.